The minimum atomic E-state index is 0.0666. The monoisotopic (exact) mass is 383 g/mol. The van der Waals surface area contributed by atoms with E-state index in [2.05, 4.69) is 15.1 Å². The van der Waals surface area contributed by atoms with Crippen molar-refractivity contribution in [3.8, 4) is 5.75 Å². The van der Waals surface area contributed by atoms with Crippen LogP contribution in [0.2, 0.25) is 10.0 Å². The van der Waals surface area contributed by atoms with Gasteiger partial charge < -0.3 is 5.11 Å². The number of pyridine rings is 2. The average Bonchev–Trinajstić information content (AvgIpc) is 2.65. The van der Waals surface area contributed by atoms with Crippen molar-refractivity contribution in [1.82, 2.24) is 9.97 Å². The molecule has 5 nitrogen and oxygen atoms in total. The molecule has 2 heterocycles. The van der Waals surface area contributed by atoms with Crippen LogP contribution in [0.4, 0.5) is 5.69 Å². The van der Waals surface area contributed by atoms with Crippen molar-refractivity contribution in [3.05, 3.63) is 74.9 Å². The van der Waals surface area contributed by atoms with Crippen LogP contribution in [-0.4, -0.2) is 15.1 Å². The molecule has 0 spiro atoms. The largest absolute Gasteiger partial charge is 0.506 e. The summed E-state index contributed by atoms with van der Waals surface area (Å²) in [7, 11) is 0. The predicted molar refractivity (Wildman–Crippen MR) is 103 cm³/mol. The summed E-state index contributed by atoms with van der Waals surface area (Å²) in [5, 5.41) is 15.4. The zero-order valence-corrected chi connectivity index (χ0v) is 14.8. The summed E-state index contributed by atoms with van der Waals surface area (Å²) < 4.78 is 0. The molecule has 0 fully saturated rings. The molecule has 0 unspecified atom stereocenters. The first-order chi connectivity index (χ1) is 12.6. The molecule has 0 atom stereocenters. The van der Waals surface area contributed by atoms with Gasteiger partial charge in [-0.05, 0) is 53.7 Å². The number of nitrogens with zero attached hydrogens (tertiary/aromatic N) is 3. The topological polar surface area (TPSA) is 75.4 Å². The van der Waals surface area contributed by atoms with Gasteiger partial charge in [0.1, 0.15) is 22.5 Å². The number of hydrogen-bond donors (Lipinski definition) is 1. The van der Waals surface area contributed by atoms with E-state index in [0.717, 1.165) is 0 Å². The number of hydrogen-bond acceptors (Lipinski definition) is 5. The molecule has 2 aromatic carbocycles. The van der Waals surface area contributed by atoms with Crippen molar-refractivity contribution in [2.45, 2.75) is 6.42 Å². The number of benzene rings is 2. The second-order valence-corrected chi connectivity index (χ2v) is 6.61. The van der Waals surface area contributed by atoms with Gasteiger partial charge in [-0.25, -0.2) is 9.97 Å². The third-order valence-corrected chi connectivity index (χ3v) is 4.80. The molecule has 0 amide bonds. The van der Waals surface area contributed by atoms with Crippen LogP contribution in [0.1, 0.15) is 11.4 Å². The van der Waals surface area contributed by atoms with Crippen molar-refractivity contribution in [3.63, 3.8) is 0 Å². The van der Waals surface area contributed by atoms with E-state index in [4.69, 9.17) is 23.2 Å². The van der Waals surface area contributed by atoms with E-state index in [1.54, 1.807) is 18.2 Å². The van der Waals surface area contributed by atoms with Crippen LogP contribution in [0.5, 0.6) is 5.75 Å². The number of phenols is 1. The Hall–Kier alpha value is -2.76. The first kappa shape index (κ1) is 16.7. The van der Waals surface area contributed by atoms with Crippen LogP contribution >= 0.6 is 23.2 Å². The number of aromatic hydroxyl groups is 1. The molecule has 26 heavy (non-hydrogen) atoms. The summed E-state index contributed by atoms with van der Waals surface area (Å²) >= 11 is 12.3. The molecule has 128 valence electrons. The minimum Gasteiger partial charge on any atom is -0.506 e. The van der Waals surface area contributed by atoms with Gasteiger partial charge in [0.05, 0.1) is 10.0 Å². The van der Waals surface area contributed by atoms with Gasteiger partial charge in [0.15, 0.2) is 0 Å². The molecule has 0 saturated heterocycles. The van der Waals surface area contributed by atoms with Crippen LogP contribution in [0.15, 0.2) is 53.7 Å². The standard InChI is InChI=1S/C19H11Cl2N3O2/c20-14-5-7-16(24-26)18-12(14)3-1-10(22-18)9-11-2-4-13-15(21)6-8-17(25)19(13)23-11/h1-8,25H,9H2. The zero-order chi connectivity index (χ0) is 18.3. The van der Waals surface area contributed by atoms with Crippen molar-refractivity contribution < 1.29 is 5.11 Å². The van der Waals surface area contributed by atoms with Crippen LogP contribution in [0.25, 0.3) is 21.8 Å². The first-order valence-corrected chi connectivity index (χ1v) is 8.51. The highest BCUT2D eigenvalue weighted by Crippen LogP contribution is 2.32. The Bertz CT molecular complexity index is 1180. The molecule has 0 radical (unpaired) electrons. The highest BCUT2D eigenvalue weighted by Gasteiger charge is 2.11. The van der Waals surface area contributed by atoms with Gasteiger partial charge in [-0.3, -0.25) is 0 Å². The molecule has 0 aliphatic carbocycles. The summed E-state index contributed by atoms with van der Waals surface area (Å²) in [5.41, 5.74) is 2.55. The molecule has 2 aromatic heterocycles. The molecule has 1 N–H and O–H groups in total. The van der Waals surface area contributed by atoms with E-state index in [-0.39, 0.29) is 11.4 Å². The maximum Gasteiger partial charge on any atom is 0.141 e. The van der Waals surface area contributed by atoms with Gasteiger partial charge in [0, 0.05) is 28.6 Å². The molecule has 0 aliphatic heterocycles. The van der Waals surface area contributed by atoms with Crippen LogP contribution < -0.4 is 0 Å². The molecule has 4 rings (SSSR count). The van der Waals surface area contributed by atoms with E-state index in [0.29, 0.717) is 49.7 Å². The maximum atomic E-state index is 11.0. The van der Waals surface area contributed by atoms with Gasteiger partial charge in [-0.15, -0.1) is 4.91 Å². The Morgan fingerprint density at radius 2 is 1.38 bits per heavy atom. The fourth-order valence-electron chi connectivity index (χ4n) is 2.87. The van der Waals surface area contributed by atoms with Gasteiger partial charge >= 0.3 is 0 Å². The third kappa shape index (κ3) is 2.85. The highest BCUT2D eigenvalue weighted by atomic mass is 35.5. The number of fused-ring (bicyclic) bond motifs is 2. The molecule has 0 aliphatic rings. The van der Waals surface area contributed by atoms with E-state index < -0.39 is 0 Å². The zero-order valence-electron chi connectivity index (χ0n) is 13.3. The molecular formula is C19H11Cl2N3O2. The van der Waals surface area contributed by atoms with Gasteiger partial charge in [0.25, 0.3) is 0 Å². The Kier molecular flexibility index (Phi) is 4.18. The number of rotatable bonds is 3. The van der Waals surface area contributed by atoms with Crippen LogP contribution in [0, 0.1) is 4.91 Å². The summed E-state index contributed by atoms with van der Waals surface area (Å²) in [4.78, 5) is 20.0. The van der Waals surface area contributed by atoms with Crippen molar-refractivity contribution >= 4 is 50.7 Å². The fourth-order valence-corrected chi connectivity index (χ4v) is 3.30. The number of phenolic OH excluding ortho intramolecular Hbond substituents is 1. The molecule has 7 heteroatoms. The average molecular weight is 384 g/mol. The van der Waals surface area contributed by atoms with Gasteiger partial charge in [-0.2, -0.15) is 0 Å². The van der Waals surface area contributed by atoms with E-state index in [9.17, 15) is 10.0 Å². The predicted octanol–water partition coefficient (Wildman–Crippen LogP) is 5.78. The normalized spacial score (nSPS) is 11.2. The minimum absolute atomic E-state index is 0.0666. The lowest BCUT2D eigenvalue weighted by Crippen LogP contribution is -1.96. The summed E-state index contributed by atoms with van der Waals surface area (Å²) in [6, 6.07) is 13.6. The second-order valence-electron chi connectivity index (χ2n) is 5.80. The Balaban J connectivity index is 1.79. The lowest BCUT2D eigenvalue weighted by Gasteiger charge is -2.07. The Morgan fingerprint density at radius 1 is 0.808 bits per heavy atom. The molecule has 0 saturated carbocycles. The van der Waals surface area contributed by atoms with Crippen LogP contribution in [-0.2, 0) is 6.42 Å². The quantitative estimate of drug-likeness (QED) is 0.454. The van der Waals surface area contributed by atoms with Gasteiger partial charge in [0.2, 0.25) is 0 Å². The summed E-state index contributed by atoms with van der Waals surface area (Å²) in [6.07, 6.45) is 0.419. The smallest absolute Gasteiger partial charge is 0.141 e. The number of aromatic nitrogens is 2. The molecule has 0 bridgehead atoms. The van der Waals surface area contributed by atoms with Crippen molar-refractivity contribution in [1.29, 1.82) is 0 Å². The SMILES string of the molecule is O=Nc1ccc(Cl)c2ccc(Cc3ccc4c(Cl)ccc(O)c4n3)nc12. The number of nitroso groups, excluding NO2 is 1. The van der Waals surface area contributed by atoms with Crippen LogP contribution in [0.3, 0.4) is 0 Å². The number of halogens is 2. The Morgan fingerprint density at radius 3 is 2.04 bits per heavy atom. The van der Waals surface area contributed by atoms with Crippen molar-refractivity contribution in [2.24, 2.45) is 5.18 Å². The van der Waals surface area contributed by atoms with E-state index >= 15 is 0 Å². The van der Waals surface area contributed by atoms with Gasteiger partial charge in [-0.1, -0.05) is 23.2 Å². The van der Waals surface area contributed by atoms with Crippen molar-refractivity contribution in [2.75, 3.05) is 0 Å². The highest BCUT2D eigenvalue weighted by molar-refractivity contribution is 6.36. The molecule has 4 aromatic rings. The second kappa shape index (κ2) is 6.52. The fraction of sp³-hybridized carbons (Fsp3) is 0.0526. The summed E-state index contributed by atoms with van der Waals surface area (Å²) in [6.45, 7) is 0. The summed E-state index contributed by atoms with van der Waals surface area (Å²) in [5.74, 6) is 0.0666. The maximum absolute atomic E-state index is 11.0. The van der Waals surface area contributed by atoms with E-state index in [1.807, 2.05) is 24.3 Å². The third-order valence-electron chi connectivity index (χ3n) is 4.14. The van der Waals surface area contributed by atoms with E-state index in [1.165, 1.54) is 6.07 Å². The Labute approximate surface area is 158 Å². The molecular weight excluding hydrogens is 373 g/mol. The lowest BCUT2D eigenvalue weighted by molar-refractivity contribution is 0.480. The first-order valence-electron chi connectivity index (χ1n) is 7.75. The lowest BCUT2D eigenvalue weighted by atomic mass is 10.1.